The number of H-pyrrole nitrogens is 1. The van der Waals surface area contributed by atoms with Gasteiger partial charge in [0.15, 0.2) is 0 Å². The molecule has 8 nitrogen and oxygen atoms in total. The van der Waals surface area contributed by atoms with Gasteiger partial charge in [0.05, 0.1) is 34.8 Å². The lowest BCUT2D eigenvalue weighted by atomic mass is 9.94. The second kappa shape index (κ2) is 6.36. The number of para-hydroxylation sites is 1. The number of aromatic amines is 1. The second-order valence-corrected chi connectivity index (χ2v) is 8.06. The van der Waals surface area contributed by atoms with Crippen molar-refractivity contribution in [1.82, 2.24) is 14.9 Å². The van der Waals surface area contributed by atoms with Crippen molar-refractivity contribution in [3.05, 3.63) is 57.6 Å². The molecule has 0 spiro atoms. The topological polar surface area (TPSA) is 117 Å². The van der Waals surface area contributed by atoms with Gasteiger partial charge >= 0.3 is 0 Å². The van der Waals surface area contributed by atoms with E-state index in [1.165, 1.54) is 0 Å². The number of aromatic nitrogens is 2. The number of nitrogens with one attached hydrogen (secondary N) is 2. The maximum Gasteiger partial charge on any atom is 0.259 e. The Bertz CT molecular complexity index is 1490. The first kappa shape index (κ1) is 18.0. The van der Waals surface area contributed by atoms with Crippen LogP contribution in [0.3, 0.4) is 0 Å². The quantitative estimate of drug-likeness (QED) is 0.351. The maximum atomic E-state index is 12.9. The predicted molar refractivity (Wildman–Crippen MR) is 117 cm³/mol. The molecule has 154 valence electrons. The molecule has 1 aliphatic carbocycles. The largest absolute Gasteiger partial charge is 0.389 e. The van der Waals surface area contributed by atoms with Crippen LogP contribution in [-0.4, -0.2) is 39.1 Å². The Hall–Kier alpha value is -3.78. The van der Waals surface area contributed by atoms with Crippen molar-refractivity contribution in [2.75, 3.05) is 6.54 Å². The number of aliphatic hydroxyl groups is 1. The number of fused-ring (bicyclic) bond motifs is 10. The van der Waals surface area contributed by atoms with Gasteiger partial charge in [0.1, 0.15) is 6.54 Å². The molecule has 8 heteroatoms. The number of benzene rings is 2. The van der Waals surface area contributed by atoms with E-state index in [-0.39, 0.29) is 13.1 Å². The average Bonchev–Trinajstić information content (AvgIpc) is 3.38. The predicted octanol–water partition coefficient (Wildman–Crippen LogP) is 3.25. The number of aryl methyl sites for hydroxylation is 1. The number of amides is 2. The minimum atomic E-state index is -0.972. The third-order valence-corrected chi connectivity index (χ3v) is 6.28. The van der Waals surface area contributed by atoms with Crippen molar-refractivity contribution in [1.29, 1.82) is 0 Å². The Kier molecular flexibility index (Phi) is 3.70. The summed E-state index contributed by atoms with van der Waals surface area (Å²) >= 11 is 0. The molecule has 1 atom stereocenters. The lowest BCUT2D eigenvalue weighted by Gasteiger charge is -2.12. The minimum absolute atomic E-state index is 0.138. The van der Waals surface area contributed by atoms with E-state index in [1.807, 2.05) is 34.9 Å². The van der Waals surface area contributed by atoms with E-state index in [2.05, 4.69) is 21.6 Å². The highest BCUT2D eigenvalue weighted by Crippen LogP contribution is 2.43. The second-order valence-electron chi connectivity index (χ2n) is 8.06. The molecule has 3 heterocycles. The van der Waals surface area contributed by atoms with Gasteiger partial charge in [-0.3, -0.25) is 14.9 Å². The highest BCUT2D eigenvalue weighted by Gasteiger charge is 2.36. The van der Waals surface area contributed by atoms with Crippen molar-refractivity contribution in [3.8, 4) is 0 Å². The summed E-state index contributed by atoms with van der Waals surface area (Å²) < 4.78 is 1.92. The number of imide groups is 1. The summed E-state index contributed by atoms with van der Waals surface area (Å²) in [4.78, 5) is 40.0. The lowest BCUT2D eigenvalue weighted by molar-refractivity contribution is 0.0880. The highest BCUT2D eigenvalue weighted by atomic mass is 16.3. The van der Waals surface area contributed by atoms with Gasteiger partial charge in [0.2, 0.25) is 0 Å². The zero-order chi connectivity index (χ0) is 21.3. The molecule has 4 aromatic rings. The molecular weight excluding hydrogens is 396 g/mol. The van der Waals surface area contributed by atoms with Crippen LogP contribution < -0.4 is 5.32 Å². The molecule has 0 bridgehead atoms. The number of nitrogens with zero attached hydrogens (tertiary/aromatic N) is 2. The van der Waals surface area contributed by atoms with Crippen molar-refractivity contribution < 1.29 is 14.7 Å². The first-order valence-electron chi connectivity index (χ1n) is 10.2. The van der Waals surface area contributed by atoms with E-state index >= 15 is 0 Å². The van der Waals surface area contributed by atoms with Crippen LogP contribution in [0.1, 0.15) is 38.4 Å². The minimum Gasteiger partial charge on any atom is -0.389 e. The zero-order valence-corrected chi connectivity index (χ0v) is 16.4. The Labute approximate surface area is 175 Å². The van der Waals surface area contributed by atoms with Gasteiger partial charge in [-0.25, -0.2) is 0 Å². The molecule has 2 aromatic carbocycles. The molecule has 0 radical (unpaired) electrons. The number of allylic oxidation sites excluding steroid dienone is 1. The third-order valence-electron chi connectivity index (χ3n) is 6.28. The van der Waals surface area contributed by atoms with Crippen molar-refractivity contribution in [2.45, 2.75) is 25.5 Å². The Morgan fingerprint density at radius 1 is 1.13 bits per heavy atom. The molecule has 0 fully saturated rings. The molecule has 1 unspecified atom stereocenters. The summed E-state index contributed by atoms with van der Waals surface area (Å²) in [7, 11) is 0. The van der Waals surface area contributed by atoms with Crippen LogP contribution in [0.5, 0.6) is 0 Å². The van der Waals surface area contributed by atoms with Crippen LogP contribution in [0.15, 0.2) is 35.5 Å². The van der Waals surface area contributed by atoms with Gasteiger partial charge in [-0.1, -0.05) is 35.5 Å². The monoisotopic (exact) mass is 414 g/mol. The van der Waals surface area contributed by atoms with Crippen molar-refractivity contribution in [2.24, 2.45) is 5.18 Å². The van der Waals surface area contributed by atoms with Gasteiger partial charge in [-0.2, -0.15) is 4.91 Å². The van der Waals surface area contributed by atoms with Gasteiger partial charge in [-0.15, -0.1) is 0 Å². The Morgan fingerprint density at radius 2 is 1.90 bits per heavy atom. The molecule has 2 amide bonds. The van der Waals surface area contributed by atoms with E-state index < -0.39 is 17.9 Å². The molecule has 6 rings (SSSR count). The lowest BCUT2D eigenvalue weighted by Crippen LogP contribution is -2.20. The third kappa shape index (κ3) is 2.33. The van der Waals surface area contributed by atoms with Crippen molar-refractivity contribution >= 4 is 50.6 Å². The zero-order valence-electron chi connectivity index (χ0n) is 16.4. The van der Waals surface area contributed by atoms with Gasteiger partial charge < -0.3 is 14.7 Å². The van der Waals surface area contributed by atoms with Crippen LogP contribution in [0.25, 0.3) is 38.8 Å². The van der Waals surface area contributed by atoms with Gasteiger partial charge in [0, 0.05) is 32.9 Å². The number of hydrogen-bond donors (Lipinski definition) is 3. The molecule has 2 aliphatic rings. The number of hydrogen-bond acceptors (Lipinski definition) is 5. The number of nitroso groups, excluding NO2 is 1. The molecule has 1 aliphatic heterocycles. The van der Waals surface area contributed by atoms with E-state index in [9.17, 15) is 19.6 Å². The summed E-state index contributed by atoms with van der Waals surface area (Å²) in [5.41, 5.74) is 5.03. The number of aliphatic hydroxyl groups excluding tert-OH is 1. The van der Waals surface area contributed by atoms with Gasteiger partial charge in [-0.05, 0) is 18.9 Å². The summed E-state index contributed by atoms with van der Waals surface area (Å²) in [6.07, 6.45) is 4.79. The molecule has 2 aromatic heterocycles. The van der Waals surface area contributed by atoms with Crippen LogP contribution >= 0.6 is 0 Å². The number of carbonyl (C=O) groups excluding carboxylic acids is 2. The van der Waals surface area contributed by atoms with Crippen LogP contribution in [0.2, 0.25) is 0 Å². The maximum absolute atomic E-state index is 12.9. The van der Waals surface area contributed by atoms with E-state index in [4.69, 9.17) is 0 Å². The molecule has 0 saturated heterocycles. The fourth-order valence-electron chi connectivity index (χ4n) is 5.11. The SMILES string of the molecule is O=NCC(O)Cn1c2ccccc2c2c3c(c4c5c([nH]c4c21)CCC=C5)C(=O)NC3=O. The Morgan fingerprint density at radius 3 is 2.71 bits per heavy atom. The summed E-state index contributed by atoms with van der Waals surface area (Å²) in [5.74, 6) is -0.811. The standard InChI is InChI=1S/C23H18N4O4/c28-11(9-24-31)10-27-15-8-4-2-6-13(15)17-19-18(22(29)26-23(19)30)16-12-5-1-3-7-14(12)25-20(16)21(17)27/h1-2,4-6,8,11,25,28H,3,7,9-10H2,(H,26,29,30). The van der Waals surface area contributed by atoms with E-state index in [0.29, 0.717) is 16.5 Å². The van der Waals surface area contributed by atoms with E-state index in [1.54, 1.807) is 0 Å². The summed E-state index contributed by atoms with van der Waals surface area (Å²) in [6, 6.07) is 7.58. The first-order chi connectivity index (χ1) is 15.1. The molecule has 3 N–H and O–H groups in total. The molecule has 31 heavy (non-hydrogen) atoms. The molecular formula is C23H18N4O4. The number of rotatable bonds is 4. The summed E-state index contributed by atoms with van der Waals surface area (Å²) in [6.45, 7) is -0.0935. The normalized spacial score (nSPS) is 16.2. The average molecular weight is 414 g/mol. The highest BCUT2D eigenvalue weighted by molar-refractivity contribution is 6.37. The molecule has 0 saturated carbocycles. The fraction of sp³-hybridized carbons (Fsp3) is 0.217. The fourth-order valence-corrected chi connectivity index (χ4v) is 5.11. The van der Waals surface area contributed by atoms with Crippen LogP contribution in [-0.2, 0) is 13.0 Å². The Balaban J connectivity index is 1.85. The van der Waals surface area contributed by atoms with E-state index in [0.717, 1.165) is 51.4 Å². The summed E-state index contributed by atoms with van der Waals surface area (Å²) in [5, 5.41) is 17.9. The van der Waals surface area contributed by atoms with Gasteiger partial charge in [0.25, 0.3) is 11.8 Å². The first-order valence-corrected chi connectivity index (χ1v) is 10.2. The number of carbonyl (C=O) groups is 2. The smallest absolute Gasteiger partial charge is 0.259 e. The van der Waals surface area contributed by atoms with Crippen LogP contribution in [0, 0.1) is 4.91 Å². The van der Waals surface area contributed by atoms with Crippen LogP contribution in [0.4, 0.5) is 0 Å². The van der Waals surface area contributed by atoms with Crippen molar-refractivity contribution in [3.63, 3.8) is 0 Å².